The van der Waals surface area contributed by atoms with Crippen molar-refractivity contribution in [2.45, 2.75) is 20.3 Å². The number of hydrogen-bond donors (Lipinski definition) is 1. The highest BCUT2D eigenvalue weighted by molar-refractivity contribution is 6.33. The van der Waals surface area contributed by atoms with Crippen LogP contribution >= 0.6 is 11.6 Å². The minimum absolute atomic E-state index is 0.457. The van der Waals surface area contributed by atoms with Crippen LogP contribution in [0.15, 0.2) is 12.3 Å². The summed E-state index contributed by atoms with van der Waals surface area (Å²) in [6, 6.07) is 1.85. The molecule has 5 heteroatoms. The normalized spacial score (nSPS) is 24.1. The SMILES string of the molecule is Cc1ccnc(N2CCC(C)(C(=O)O)C2)c1Cl. The molecular weight excluding hydrogens is 240 g/mol. The third-order valence-corrected chi connectivity index (χ3v) is 3.82. The van der Waals surface area contributed by atoms with Gasteiger partial charge < -0.3 is 10.0 Å². The van der Waals surface area contributed by atoms with E-state index < -0.39 is 11.4 Å². The molecule has 92 valence electrons. The summed E-state index contributed by atoms with van der Waals surface area (Å²) in [6.07, 6.45) is 2.32. The number of carboxylic acid groups (broad SMARTS) is 1. The van der Waals surface area contributed by atoms with Crippen LogP contribution in [0.2, 0.25) is 5.02 Å². The summed E-state index contributed by atoms with van der Waals surface area (Å²) in [6.45, 7) is 4.82. The molecule has 0 aliphatic carbocycles. The van der Waals surface area contributed by atoms with Gasteiger partial charge in [-0.2, -0.15) is 0 Å². The van der Waals surface area contributed by atoms with Crippen molar-refractivity contribution in [3.63, 3.8) is 0 Å². The number of hydrogen-bond acceptors (Lipinski definition) is 3. The number of carbonyl (C=O) groups is 1. The van der Waals surface area contributed by atoms with Gasteiger partial charge >= 0.3 is 5.97 Å². The molecule has 2 heterocycles. The molecule has 1 aromatic rings. The topological polar surface area (TPSA) is 53.4 Å². The van der Waals surface area contributed by atoms with Crippen molar-refractivity contribution in [2.75, 3.05) is 18.0 Å². The number of aryl methyl sites for hydroxylation is 1. The molecule has 1 unspecified atom stereocenters. The Morgan fingerprint density at radius 1 is 1.65 bits per heavy atom. The molecule has 17 heavy (non-hydrogen) atoms. The Morgan fingerprint density at radius 3 is 2.94 bits per heavy atom. The average molecular weight is 255 g/mol. The zero-order chi connectivity index (χ0) is 12.6. The van der Waals surface area contributed by atoms with Crippen LogP contribution in [-0.2, 0) is 4.79 Å². The van der Waals surface area contributed by atoms with Gasteiger partial charge in [-0.15, -0.1) is 0 Å². The third-order valence-electron chi connectivity index (χ3n) is 3.35. The zero-order valence-electron chi connectivity index (χ0n) is 9.90. The first-order valence-corrected chi connectivity index (χ1v) is 5.91. The monoisotopic (exact) mass is 254 g/mol. The fraction of sp³-hybridized carbons (Fsp3) is 0.500. The molecular formula is C12H15ClN2O2. The number of aromatic nitrogens is 1. The molecule has 1 fully saturated rings. The van der Waals surface area contributed by atoms with Crippen LogP contribution in [-0.4, -0.2) is 29.1 Å². The Morgan fingerprint density at radius 2 is 2.35 bits per heavy atom. The Hall–Kier alpha value is -1.29. The Labute approximate surface area is 105 Å². The Bertz CT molecular complexity index is 464. The molecule has 1 aliphatic rings. The van der Waals surface area contributed by atoms with Crippen molar-refractivity contribution in [1.82, 2.24) is 4.98 Å². The Kier molecular flexibility index (Phi) is 3.00. The van der Waals surface area contributed by atoms with Crippen LogP contribution in [0.4, 0.5) is 5.82 Å². The lowest BCUT2D eigenvalue weighted by Gasteiger charge is -2.22. The van der Waals surface area contributed by atoms with E-state index in [4.69, 9.17) is 11.6 Å². The first kappa shape index (κ1) is 12.2. The van der Waals surface area contributed by atoms with Gasteiger partial charge in [-0.1, -0.05) is 11.6 Å². The lowest BCUT2D eigenvalue weighted by atomic mass is 9.90. The fourth-order valence-electron chi connectivity index (χ4n) is 2.06. The smallest absolute Gasteiger partial charge is 0.311 e. The molecule has 1 saturated heterocycles. The molecule has 2 rings (SSSR count). The molecule has 0 aromatic carbocycles. The van der Waals surface area contributed by atoms with E-state index in [2.05, 4.69) is 4.98 Å². The minimum Gasteiger partial charge on any atom is -0.481 e. The largest absolute Gasteiger partial charge is 0.481 e. The maximum absolute atomic E-state index is 11.2. The summed E-state index contributed by atoms with van der Waals surface area (Å²) in [5.41, 5.74) is 0.259. The summed E-state index contributed by atoms with van der Waals surface area (Å²) >= 11 is 6.19. The van der Waals surface area contributed by atoms with Crippen molar-refractivity contribution in [2.24, 2.45) is 5.41 Å². The quantitative estimate of drug-likeness (QED) is 0.880. The number of pyridine rings is 1. The molecule has 1 atom stereocenters. The molecule has 0 bridgehead atoms. The number of carboxylic acids is 1. The van der Waals surface area contributed by atoms with E-state index in [1.807, 2.05) is 17.9 Å². The minimum atomic E-state index is -0.760. The van der Waals surface area contributed by atoms with E-state index in [1.54, 1.807) is 13.1 Å². The van der Waals surface area contributed by atoms with Crippen LogP contribution in [0, 0.1) is 12.3 Å². The number of aliphatic carboxylic acids is 1. The fourth-order valence-corrected chi connectivity index (χ4v) is 2.29. The lowest BCUT2D eigenvalue weighted by molar-refractivity contribution is -0.146. The first-order chi connectivity index (χ1) is 7.94. The van der Waals surface area contributed by atoms with Gasteiger partial charge in [0.05, 0.1) is 10.4 Å². The molecule has 0 spiro atoms. The van der Waals surface area contributed by atoms with E-state index in [1.165, 1.54) is 0 Å². The third kappa shape index (κ3) is 2.09. The zero-order valence-corrected chi connectivity index (χ0v) is 10.7. The van der Waals surface area contributed by atoms with Gasteiger partial charge in [0, 0.05) is 19.3 Å². The summed E-state index contributed by atoms with van der Waals surface area (Å²) in [4.78, 5) is 17.4. The average Bonchev–Trinajstić information content (AvgIpc) is 2.66. The van der Waals surface area contributed by atoms with Gasteiger partial charge in [0.25, 0.3) is 0 Å². The molecule has 4 nitrogen and oxygen atoms in total. The molecule has 0 amide bonds. The predicted octanol–water partition coefficient (Wildman–Crippen LogP) is 2.34. The molecule has 0 radical (unpaired) electrons. The van der Waals surface area contributed by atoms with Gasteiger partial charge in [-0.05, 0) is 31.9 Å². The Balaban J connectivity index is 2.27. The van der Waals surface area contributed by atoms with Crippen molar-refractivity contribution >= 4 is 23.4 Å². The second-order valence-electron chi connectivity index (χ2n) is 4.80. The van der Waals surface area contributed by atoms with E-state index in [-0.39, 0.29) is 0 Å². The van der Waals surface area contributed by atoms with Gasteiger partial charge in [0.2, 0.25) is 0 Å². The number of nitrogens with zero attached hydrogens (tertiary/aromatic N) is 2. The summed E-state index contributed by atoms with van der Waals surface area (Å²) in [5, 5.41) is 9.79. The first-order valence-electron chi connectivity index (χ1n) is 5.53. The highest BCUT2D eigenvalue weighted by atomic mass is 35.5. The predicted molar refractivity (Wildman–Crippen MR) is 66.6 cm³/mol. The molecule has 0 saturated carbocycles. The highest BCUT2D eigenvalue weighted by Gasteiger charge is 2.41. The van der Waals surface area contributed by atoms with Crippen LogP contribution in [0.5, 0.6) is 0 Å². The molecule has 1 aromatic heterocycles. The van der Waals surface area contributed by atoms with Crippen LogP contribution in [0.1, 0.15) is 18.9 Å². The molecule has 1 N–H and O–H groups in total. The maximum Gasteiger partial charge on any atom is 0.311 e. The second kappa shape index (κ2) is 4.18. The highest BCUT2D eigenvalue weighted by Crippen LogP contribution is 2.36. The van der Waals surface area contributed by atoms with Crippen LogP contribution < -0.4 is 4.90 Å². The number of halogens is 1. The number of rotatable bonds is 2. The van der Waals surface area contributed by atoms with E-state index in [0.717, 1.165) is 5.56 Å². The van der Waals surface area contributed by atoms with Crippen LogP contribution in [0.3, 0.4) is 0 Å². The van der Waals surface area contributed by atoms with Crippen LogP contribution in [0.25, 0.3) is 0 Å². The van der Waals surface area contributed by atoms with Crippen molar-refractivity contribution in [3.8, 4) is 0 Å². The molecule has 1 aliphatic heterocycles. The van der Waals surface area contributed by atoms with Crippen molar-refractivity contribution < 1.29 is 9.90 Å². The van der Waals surface area contributed by atoms with Gasteiger partial charge in [0.15, 0.2) is 0 Å². The van der Waals surface area contributed by atoms with E-state index in [9.17, 15) is 9.90 Å². The maximum atomic E-state index is 11.2. The van der Waals surface area contributed by atoms with E-state index in [0.29, 0.717) is 30.4 Å². The van der Waals surface area contributed by atoms with Gasteiger partial charge in [0.1, 0.15) is 5.82 Å². The summed E-state index contributed by atoms with van der Waals surface area (Å²) < 4.78 is 0. The summed E-state index contributed by atoms with van der Waals surface area (Å²) in [7, 11) is 0. The van der Waals surface area contributed by atoms with Crippen molar-refractivity contribution in [3.05, 3.63) is 22.8 Å². The van der Waals surface area contributed by atoms with Gasteiger partial charge in [-0.3, -0.25) is 4.79 Å². The van der Waals surface area contributed by atoms with Gasteiger partial charge in [-0.25, -0.2) is 4.98 Å². The standard InChI is InChI=1S/C12H15ClN2O2/c1-8-3-5-14-10(9(8)13)15-6-4-12(2,7-15)11(16)17/h3,5H,4,6-7H2,1-2H3,(H,16,17). The van der Waals surface area contributed by atoms with E-state index >= 15 is 0 Å². The lowest BCUT2D eigenvalue weighted by Crippen LogP contribution is -2.32. The number of anilines is 1. The summed E-state index contributed by atoms with van der Waals surface area (Å²) in [5.74, 6) is -0.0691. The van der Waals surface area contributed by atoms with Crippen molar-refractivity contribution in [1.29, 1.82) is 0 Å². The second-order valence-corrected chi connectivity index (χ2v) is 5.18.